The predicted octanol–water partition coefficient (Wildman–Crippen LogP) is 5.05. The third-order valence-corrected chi connectivity index (χ3v) is 6.32. The zero-order valence-electron chi connectivity index (χ0n) is 20.1. The molecular weight excluding hydrogens is 516 g/mol. The molecule has 0 unspecified atom stereocenters. The van der Waals surface area contributed by atoms with E-state index in [-0.39, 0.29) is 30.5 Å². The van der Waals surface area contributed by atoms with E-state index < -0.39 is 64.4 Å². The van der Waals surface area contributed by atoms with Crippen LogP contribution in [-0.4, -0.2) is 22.0 Å². The van der Waals surface area contributed by atoms with Crippen molar-refractivity contribution in [1.82, 2.24) is 15.3 Å². The topological polar surface area (TPSA) is 84.1 Å². The van der Waals surface area contributed by atoms with Crippen molar-refractivity contribution >= 4 is 5.91 Å². The van der Waals surface area contributed by atoms with Gasteiger partial charge in [0.05, 0.1) is 29.5 Å². The first kappa shape index (κ1) is 27.4. The summed E-state index contributed by atoms with van der Waals surface area (Å²) in [5, 5.41) is 2.51. The van der Waals surface area contributed by atoms with Gasteiger partial charge in [0, 0.05) is 18.0 Å². The van der Waals surface area contributed by atoms with Crippen LogP contribution in [0.2, 0.25) is 0 Å². The molecule has 1 aromatic heterocycles. The summed E-state index contributed by atoms with van der Waals surface area (Å²) in [5.41, 5.74) is -3.80. The van der Waals surface area contributed by atoms with Crippen LogP contribution >= 0.6 is 0 Å². The number of amides is 1. The summed E-state index contributed by atoms with van der Waals surface area (Å²) in [6.07, 6.45) is -4.57. The number of H-pyrrole nitrogens is 1. The van der Waals surface area contributed by atoms with Gasteiger partial charge in [-0.1, -0.05) is 25.1 Å². The SMILES string of the molecule is CCc1nc(-c2c(C(F)(F)F)ccc(CNC(=O)[C@H]3C[C@H](OCc4cccc(F)c4)C3)c2F)[nH]c(=O)c1F. The molecule has 38 heavy (non-hydrogen) atoms. The summed E-state index contributed by atoms with van der Waals surface area (Å²) in [6.45, 7) is 1.20. The van der Waals surface area contributed by atoms with Crippen molar-refractivity contribution in [1.29, 1.82) is 0 Å². The van der Waals surface area contributed by atoms with Gasteiger partial charge in [0.25, 0.3) is 5.56 Å². The maximum absolute atomic E-state index is 15.4. The van der Waals surface area contributed by atoms with Gasteiger partial charge in [-0.3, -0.25) is 9.59 Å². The minimum absolute atomic E-state index is 0.101. The second-order valence-electron chi connectivity index (χ2n) is 8.94. The Kier molecular flexibility index (Phi) is 7.91. The minimum atomic E-state index is -5.00. The van der Waals surface area contributed by atoms with Gasteiger partial charge in [-0.2, -0.15) is 17.6 Å². The number of nitrogens with one attached hydrogen (secondary N) is 2. The Labute approximate surface area is 213 Å². The molecule has 0 radical (unpaired) electrons. The summed E-state index contributed by atoms with van der Waals surface area (Å²) >= 11 is 0. The van der Waals surface area contributed by atoms with Crippen LogP contribution in [0.5, 0.6) is 0 Å². The fraction of sp³-hybridized carbons (Fsp3) is 0.346. The van der Waals surface area contributed by atoms with Crippen LogP contribution in [0.1, 0.15) is 42.1 Å². The van der Waals surface area contributed by atoms with Crippen molar-refractivity contribution in [3.05, 3.63) is 86.6 Å². The third kappa shape index (κ3) is 5.90. The highest BCUT2D eigenvalue weighted by atomic mass is 19.4. The summed E-state index contributed by atoms with van der Waals surface area (Å²) in [4.78, 5) is 30.0. The van der Waals surface area contributed by atoms with E-state index in [1.807, 2.05) is 4.98 Å². The fourth-order valence-corrected chi connectivity index (χ4v) is 4.16. The lowest BCUT2D eigenvalue weighted by Crippen LogP contribution is -2.42. The fourth-order valence-electron chi connectivity index (χ4n) is 4.16. The molecule has 1 aliphatic rings. The highest BCUT2D eigenvalue weighted by Gasteiger charge is 2.38. The molecule has 1 saturated carbocycles. The van der Waals surface area contributed by atoms with Gasteiger partial charge in [0.2, 0.25) is 11.7 Å². The zero-order chi connectivity index (χ0) is 27.6. The number of nitrogens with zero attached hydrogens (tertiary/aromatic N) is 1. The van der Waals surface area contributed by atoms with Gasteiger partial charge in [-0.15, -0.1) is 0 Å². The molecule has 6 nitrogen and oxygen atoms in total. The second-order valence-corrected chi connectivity index (χ2v) is 8.94. The van der Waals surface area contributed by atoms with Crippen LogP contribution in [-0.2, 0) is 35.3 Å². The van der Waals surface area contributed by atoms with Crippen molar-refractivity contribution in [2.24, 2.45) is 5.92 Å². The van der Waals surface area contributed by atoms with Gasteiger partial charge in [0.15, 0.2) is 0 Å². The highest BCUT2D eigenvalue weighted by Crippen LogP contribution is 2.38. The number of carbonyl (C=O) groups excluding carboxylic acids is 1. The van der Waals surface area contributed by atoms with Gasteiger partial charge < -0.3 is 15.0 Å². The smallest absolute Gasteiger partial charge is 0.373 e. The van der Waals surface area contributed by atoms with E-state index in [2.05, 4.69) is 10.3 Å². The van der Waals surface area contributed by atoms with Gasteiger partial charge >= 0.3 is 6.18 Å². The Morgan fingerprint density at radius 2 is 1.87 bits per heavy atom. The number of aryl methyl sites for hydroxylation is 1. The summed E-state index contributed by atoms with van der Waals surface area (Å²) in [5.74, 6) is -4.62. The number of halogens is 6. The van der Waals surface area contributed by atoms with Crippen LogP contribution in [0.25, 0.3) is 11.4 Å². The molecule has 1 aliphatic carbocycles. The Balaban J connectivity index is 1.45. The largest absolute Gasteiger partial charge is 0.417 e. The van der Waals surface area contributed by atoms with Crippen LogP contribution in [0, 0.1) is 23.4 Å². The summed E-state index contributed by atoms with van der Waals surface area (Å²) in [7, 11) is 0. The molecule has 0 saturated heterocycles. The molecule has 2 N–H and O–H groups in total. The minimum Gasteiger partial charge on any atom is -0.373 e. The number of rotatable bonds is 8. The Hall–Kier alpha value is -3.67. The first-order valence-corrected chi connectivity index (χ1v) is 11.8. The molecule has 0 bridgehead atoms. The maximum atomic E-state index is 15.4. The number of hydrogen-bond acceptors (Lipinski definition) is 4. The van der Waals surface area contributed by atoms with Crippen molar-refractivity contribution in [3.63, 3.8) is 0 Å². The first-order valence-electron chi connectivity index (χ1n) is 11.8. The molecule has 0 atom stereocenters. The molecule has 0 spiro atoms. The van der Waals surface area contributed by atoms with E-state index in [1.54, 1.807) is 12.1 Å². The van der Waals surface area contributed by atoms with E-state index in [4.69, 9.17) is 4.74 Å². The Bertz CT molecular complexity index is 1400. The van der Waals surface area contributed by atoms with Crippen LogP contribution < -0.4 is 10.9 Å². The zero-order valence-corrected chi connectivity index (χ0v) is 20.1. The number of carbonyl (C=O) groups is 1. The second kappa shape index (κ2) is 11.0. The molecule has 1 amide bonds. The number of ether oxygens (including phenoxy) is 1. The van der Waals surface area contributed by atoms with Crippen molar-refractivity contribution in [2.45, 2.75) is 51.6 Å². The number of benzene rings is 2. The van der Waals surface area contributed by atoms with Crippen LogP contribution in [0.4, 0.5) is 26.3 Å². The van der Waals surface area contributed by atoms with Crippen molar-refractivity contribution in [3.8, 4) is 11.4 Å². The van der Waals surface area contributed by atoms with Gasteiger partial charge in [0.1, 0.15) is 17.5 Å². The van der Waals surface area contributed by atoms with Crippen LogP contribution in [0.3, 0.4) is 0 Å². The van der Waals surface area contributed by atoms with E-state index in [0.29, 0.717) is 24.5 Å². The van der Waals surface area contributed by atoms with Gasteiger partial charge in [-0.25, -0.2) is 13.8 Å². The molecule has 1 heterocycles. The number of alkyl halides is 3. The van der Waals surface area contributed by atoms with E-state index in [9.17, 15) is 31.5 Å². The maximum Gasteiger partial charge on any atom is 0.417 e. The third-order valence-electron chi connectivity index (χ3n) is 6.32. The summed E-state index contributed by atoms with van der Waals surface area (Å²) < 4.78 is 89.1. The first-order chi connectivity index (χ1) is 18.0. The average Bonchev–Trinajstić information content (AvgIpc) is 2.83. The molecule has 202 valence electrons. The number of aromatic amines is 1. The number of hydrogen-bond donors (Lipinski definition) is 2. The van der Waals surface area contributed by atoms with E-state index in [1.165, 1.54) is 19.1 Å². The Morgan fingerprint density at radius 3 is 2.53 bits per heavy atom. The summed E-state index contributed by atoms with van der Waals surface area (Å²) in [6, 6.07) is 7.43. The van der Waals surface area contributed by atoms with E-state index in [0.717, 1.165) is 6.07 Å². The lowest BCUT2D eigenvalue weighted by Gasteiger charge is -2.34. The molecular formula is C26H23F6N3O3. The molecule has 4 rings (SSSR count). The monoisotopic (exact) mass is 539 g/mol. The molecule has 2 aromatic carbocycles. The van der Waals surface area contributed by atoms with Crippen LogP contribution in [0.15, 0.2) is 41.2 Å². The Morgan fingerprint density at radius 1 is 1.13 bits per heavy atom. The van der Waals surface area contributed by atoms with Gasteiger partial charge in [-0.05, 0) is 43.0 Å². The van der Waals surface area contributed by atoms with Crippen molar-refractivity contribution < 1.29 is 35.9 Å². The highest BCUT2D eigenvalue weighted by molar-refractivity contribution is 5.79. The molecule has 3 aromatic rings. The normalized spacial score (nSPS) is 17.2. The molecule has 12 heteroatoms. The predicted molar refractivity (Wildman–Crippen MR) is 124 cm³/mol. The average molecular weight is 539 g/mol. The van der Waals surface area contributed by atoms with Crippen molar-refractivity contribution in [2.75, 3.05) is 0 Å². The number of aromatic nitrogens is 2. The standard InChI is InChI=1S/C26H23F6N3O3/c1-2-19-22(29)25(37)35-23(34-19)20-18(26(30,31)32)7-6-14(21(20)28)11-33-24(36)15-9-17(10-15)38-12-13-4-3-5-16(27)8-13/h3-8,15,17H,2,9-12H2,1H3,(H,33,36)(H,34,35,37)/t15-,17-. The quantitative estimate of drug-likeness (QED) is 0.393. The van der Waals surface area contributed by atoms with E-state index >= 15 is 4.39 Å². The molecule has 1 fully saturated rings. The lowest BCUT2D eigenvalue weighted by molar-refractivity contribution is -0.137. The lowest BCUT2D eigenvalue weighted by atomic mass is 9.81. The molecule has 0 aliphatic heterocycles.